The van der Waals surface area contributed by atoms with E-state index in [-0.39, 0.29) is 17.7 Å². The summed E-state index contributed by atoms with van der Waals surface area (Å²) in [5, 5.41) is 8.15. The smallest absolute Gasteiger partial charge is 0.247 e. The third kappa shape index (κ3) is 20.9. The maximum atomic E-state index is 12.1. The standard InChI is InChI=1S/C23H42IN3O3S/c1-3-4-5-6-7-8-9-10-11-12-13-17-21(29)25-18-15-14-16-20(26-19(2)28)22(30)27-23(24)31/h20H,3-18H2,1-2H3,(H,25,29)(H,26,28)(H,27,30,31)/t20-/m0/s1. The molecule has 0 aromatic carbocycles. The molecule has 180 valence electrons. The van der Waals surface area contributed by atoms with Gasteiger partial charge in [-0.1, -0.05) is 83.3 Å². The minimum Gasteiger partial charge on any atom is -0.356 e. The number of carbonyl (C=O) groups excluding carboxylic acids is 3. The van der Waals surface area contributed by atoms with Crippen molar-refractivity contribution in [2.75, 3.05) is 6.54 Å². The average Bonchev–Trinajstić information content (AvgIpc) is 2.70. The average molecular weight is 568 g/mol. The SMILES string of the molecule is CCCCCCCCCCCCCC(=O)NCCCC[C@H](NC(C)=O)C(=O)NC(=S)I. The summed E-state index contributed by atoms with van der Waals surface area (Å²) in [6.07, 6.45) is 16.6. The Morgan fingerprint density at radius 2 is 1.39 bits per heavy atom. The number of rotatable bonds is 19. The van der Waals surface area contributed by atoms with Gasteiger partial charge >= 0.3 is 0 Å². The molecule has 0 saturated carbocycles. The van der Waals surface area contributed by atoms with Crippen LogP contribution in [0.2, 0.25) is 0 Å². The van der Waals surface area contributed by atoms with Gasteiger partial charge in [0, 0.05) is 19.9 Å². The van der Waals surface area contributed by atoms with E-state index in [1.807, 2.05) is 22.6 Å². The monoisotopic (exact) mass is 567 g/mol. The molecule has 0 radical (unpaired) electrons. The summed E-state index contributed by atoms with van der Waals surface area (Å²) in [6.45, 7) is 4.23. The summed E-state index contributed by atoms with van der Waals surface area (Å²) in [5.74, 6) is -0.447. The molecule has 0 aliphatic carbocycles. The maximum absolute atomic E-state index is 12.1. The van der Waals surface area contributed by atoms with E-state index in [4.69, 9.17) is 12.2 Å². The van der Waals surface area contributed by atoms with Crippen molar-refractivity contribution >= 4 is 55.5 Å². The predicted octanol–water partition coefficient (Wildman–Crippen LogP) is 5.31. The van der Waals surface area contributed by atoms with Crippen LogP contribution in [0.1, 0.15) is 110 Å². The van der Waals surface area contributed by atoms with Gasteiger partial charge in [-0.3, -0.25) is 14.4 Å². The Labute approximate surface area is 208 Å². The number of carbonyl (C=O) groups is 3. The van der Waals surface area contributed by atoms with E-state index in [9.17, 15) is 14.4 Å². The lowest BCUT2D eigenvalue weighted by atomic mass is 10.1. The van der Waals surface area contributed by atoms with Crippen molar-refractivity contribution in [2.24, 2.45) is 0 Å². The van der Waals surface area contributed by atoms with Gasteiger partial charge in [0.05, 0.1) is 0 Å². The lowest BCUT2D eigenvalue weighted by Gasteiger charge is -2.16. The summed E-state index contributed by atoms with van der Waals surface area (Å²) >= 11 is 6.72. The molecular formula is C23H42IN3O3S. The van der Waals surface area contributed by atoms with Gasteiger partial charge in [-0.05, 0) is 48.3 Å². The fraction of sp³-hybridized carbons (Fsp3) is 0.826. The second kappa shape index (κ2) is 21.1. The number of amides is 3. The van der Waals surface area contributed by atoms with Crippen LogP contribution in [-0.2, 0) is 14.4 Å². The van der Waals surface area contributed by atoms with E-state index >= 15 is 0 Å². The van der Waals surface area contributed by atoms with Crippen molar-refractivity contribution < 1.29 is 14.4 Å². The highest BCUT2D eigenvalue weighted by molar-refractivity contribution is 14.1. The van der Waals surface area contributed by atoms with E-state index in [1.165, 1.54) is 64.7 Å². The van der Waals surface area contributed by atoms with Crippen LogP contribution in [0.25, 0.3) is 0 Å². The zero-order valence-electron chi connectivity index (χ0n) is 19.4. The van der Waals surface area contributed by atoms with Crippen LogP contribution >= 0.6 is 34.8 Å². The fourth-order valence-corrected chi connectivity index (χ4v) is 3.80. The lowest BCUT2D eigenvalue weighted by Crippen LogP contribution is -2.46. The fourth-order valence-electron chi connectivity index (χ4n) is 3.44. The molecule has 6 nitrogen and oxygen atoms in total. The van der Waals surface area contributed by atoms with E-state index < -0.39 is 6.04 Å². The van der Waals surface area contributed by atoms with Crippen LogP contribution in [0.5, 0.6) is 0 Å². The minimum absolute atomic E-state index is 0.0994. The molecule has 0 aliphatic rings. The van der Waals surface area contributed by atoms with Crippen molar-refractivity contribution in [1.82, 2.24) is 16.0 Å². The van der Waals surface area contributed by atoms with Crippen molar-refractivity contribution in [2.45, 2.75) is 116 Å². The minimum atomic E-state index is -0.600. The van der Waals surface area contributed by atoms with Gasteiger partial charge in [-0.15, -0.1) is 0 Å². The molecule has 0 aliphatic heterocycles. The van der Waals surface area contributed by atoms with Gasteiger partial charge in [0.25, 0.3) is 0 Å². The van der Waals surface area contributed by atoms with Crippen LogP contribution in [0.15, 0.2) is 0 Å². The lowest BCUT2D eigenvalue weighted by molar-refractivity contribution is -0.127. The Morgan fingerprint density at radius 1 is 0.839 bits per heavy atom. The maximum Gasteiger partial charge on any atom is 0.247 e. The third-order valence-corrected chi connectivity index (χ3v) is 5.54. The van der Waals surface area contributed by atoms with E-state index in [1.54, 1.807) is 0 Å². The summed E-state index contributed by atoms with van der Waals surface area (Å²) in [4.78, 5) is 35.3. The van der Waals surface area contributed by atoms with Gasteiger partial charge in [0.2, 0.25) is 17.7 Å². The number of thiocarbonyl (C=S) groups is 1. The molecule has 0 fully saturated rings. The zero-order chi connectivity index (χ0) is 23.3. The van der Waals surface area contributed by atoms with Gasteiger partial charge in [0.1, 0.15) is 9.04 Å². The summed E-state index contributed by atoms with van der Waals surface area (Å²) in [5.41, 5.74) is 0. The summed E-state index contributed by atoms with van der Waals surface area (Å²) in [6, 6.07) is -0.600. The molecule has 0 spiro atoms. The van der Waals surface area contributed by atoms with Crippen LogP contribution in [0.3, 0.4) is 0 Å². The molecule has 1 atom stereocenters. The molecule has 0 bridgehead atoms. The summed E-state index contributed by atoms with van der Waals surface area (Å²) < 4.78 is 0.354. The molecule has 0 aromatic heterocycles. The summed E-state index contributed by atoms with van der Waals surface area (Å²) in [7, 11) is 0. The highest BCUT2D eigenvalue weighted by Crippen LogP contribution is 2.12. The molecule has 0 heterocycles. The molecule has 31 heavy (non-hydrogen) atoms. The van der Waals surface area contributed by atoms with Gasteiger partial charge in [-0.2, -0.15) is 0 Å². The van der Waals surface area contributed by atoms with E-state index in [2.05, 4.69) is 22.9 Å². The van der Waals surface area contributed by atoms with Crippen molar-refractivity contribution in [3.05, 3.63) is 0 Å². The Bertz CT molecular complexity index is 532. The molecule has 0 unspecified atom stereocenters. The van der Waals surface area contributed by atoms with Crippen LogP contribution < -0.4 is 16.0 Å². The van der Waals surface area contributed by atoms with Gasteiger partial charge in [0.15, 0.2) is 0 Å². The van der Waals surface area contributed by atoms with Crippen molar-refractivity contribution in [1.29, 1.82) is 0 Å². The number of hydrogen-bond donors (Lipinski definition) is 3. The third-order valence-electron chi connectivity index (χ3n) is 5.16. The van der Waals surface area contributed by atoms with Crippen LogP contribution in [0, 0.1) is 0 Å². The Morgan fingerprint density at radius 3 is 1.90 bits per heavy atom. The first-order valence-electron chi connectivity index (χ1n) is 11.9. The Balaban J connectivity index is 3.66. The quantitative estimate of drug-likeness (QED) is 0.0649. The number of halogens is 1. The normalized spacial score (nSPS) is 11.6. The van der Waals surface area contributed by atoms with Gasteiger partial charge < -0.3 is 16.0 Å². The van der Waals surface area contributed by atoms with Crippen LogP contribution in [0.4, 0.5) is 0 Å². The predicted molar refractivity (Wildman–Crippen MR) is 140 cm³/mol. The highest BCUT2D eigenvalue weighted by Gasteiger charge is 2.19. The Hall–Kier alpha value is -0.770. The van der Waals surface area contributed by atoms with Crippen LogP contribution in [-0.4, -0.2) is 33.3 Å². The largest absolute Gasteiger partial charge is 0.356 e. The first-order valence-corrected chi connectivity index (χ1v) is 13.4. The molecule has 0 saturated heterocycles. The van der Waals surface area contributed by atoms with Crippen molar-refractivity contribution in [3.63, 3.8) is 0 Å². The molecule has 3 N–H and O–H groups in total. The van der Waals surface area contributed by atoms with E-state index in [0.29, 0.717) is 22.4 Å². The highest BCUT2D eigenvalue weighted by atomic mass is 127. The molecule has 8 heteroatoms. The molecule has 0 rings (SSSR count). The number of unbranched alkanes of at least 4 members (excludes halogenated alkanes) is 11. The number of nitrogens with one attached hydrogen (secondary N) is 3. The molecule has 0 aromatic rings. The first-order chi connectivity index (χ1) is 14.9. The zero-order valence-corrected chi connectivity index (χ0v) is 22.4. The molecular weight excluding hydrogens is 525 g/mol. The number of hydrogen-bond acceptors (Lipinski definition) is 4. The second-order valence-corrected chi connectivity index (χ2v) is 10.4. The van der Waals surface area contributed by atoms with Gasteiger partial charge in [-0.25, -0.2) is 0 Å². The first kappa shape index (κ1) is 30.2. The Kier molecular flexibility index (Phi) is 20.6. The second-order valence-electron chi connectivity index (χ2n) is 8.15. The van der Waals surface area contributed by atoms with E-state index in [0.717, 1.165) is 25.7 Å². The molecule has 3 amide bonds. The topological polar surface area (TPSA) is 87.3 Å². The van der Waals surface area contributed by atoms with Crippen molar-refractivity contribution in [3.8, 4) is 0 Å².